The highest BCUT2D eigenvalue weighted by Crippen LogP contribution is 2.30. The standard InChI is InChI=1S/C12H6BrN5O2/c1-7-10(13)2-9(3-12(7)18(19)20)17-11(6-16)8(4-14)5-15/h2-3,17H,1H3. The van der Waals surface area contributed by atoms with E-state index in [-0.39, 0.29) is 17.1 Å². The maximum Gasteiger partial charge on any atom is 0.275 e. The molecule has 0 unspecified atom stereocenters. The first kappa shape index (κ1) is 15.2. The molecule has 0 radical (unpaired) electrons. The molecule has 0 heterocycles. The van der Waals surface area contributed by atoms with Gasteiger partial charge in [0.1, 0.15) is 23.9 Å². The van der Waals surface area contributed by atoms with Gasteiger partial charge in [-0.3, -0.25) is 10.1 Å². The minimum atomic E-state index is -0.559. The number of nitrogens with one attached hydrogen (secondary N) is 1. The van der Waals surface area contributed by atoms with E-state index in [1.165, 1.54) is 12.1 Å². The zero-order valence-corrected chi connectivity index (χ0v) is 11.7. The first-order valence-electron chi connectivity index (χ1n) is 5.10. The van der Waals surface area contributed by atoms with Crippen LogP contribution in [0.25, 0.3) is 0 Å². The number of nitrogens with zero attached hydrogens (tertiary/aromatic N) is 4. The number of allylic oxidation sites excluding steroid dienone is 2. The Hall–Kier alpha value is -2.89. The van der Waals surface area contributed by atoms with Gasteiger partial charge in [0.05, 0.1) is 4.92 Å². The van der Waals surface area contributed by atoms with Gasteiger partial charge in [-0.1, -0.05) is 15.9 Å². The van der Waals surface area contributed by atoms with Gasteiger partial charge >= 0.3 is 0 Å². The van der Waals surface area contributed by atoms with Gasteiger partial charge in [-0.05, 0) is 13.0 Å². The fourth-order valence-corrected chi connectivity index (χ4v) is 1.80. The fourth-order valence-electron chi connectivity index (χ4n) is 1.35. The number of benzene rings is 1. The lowest BCUT2D eigenvalue weighted by molar-refractivity contribution is -0.385. The van der Waals surface area contributed by atoms with Crippen LogP contribution in [0.4, 0.5) is 11.4 Å². The van der Waals surface area contributed by atoms with Crippen molar-refractivity contribution in [3.8, 4) is 18.2 Å². The average molecular weight is 332 g/mol. The van der Waals surface area contributed by atoms with Gasteiger partial charge in [0.25, 0.3) is 5.69 Å². The molecular weight excluding hydrogens is 326 g/mol. The van der Waals surface area contributed by atoms with Crippen molar-refractivity contribution in [2.24, 2.45) is 0 Å². The second-order valence-corrected chi connectivity index (χ2v) is 4.42. The van der Waals surface area contributed by atoms with Crippen LogP contribution in [0.3, 0.4) is 0 Å². The zero-order valence-electron chi connectivity index (χ0n) is 10.1. The Morgan fingerprint density at radius 2 is 1.90 bits per heavy atom. The highest BCUT2D eigenvalue weighted by molar-refractivity contribution is 9.10. The fraction of sp³-hybridized carbons (Fsp3) is 0.0833. The van der Waals surface area contributed by atoms with Crippen molar-refractivity contribution in [3.05, 3.63) is 43.6 Å². The molecule has 1 N–H and O–H groups in total. The molecule has 0 aliphatic rings. The molecule has 1 aromatic carbocycles. The van der Waals surface area contributed by atoms with Gasteiger partial charge in [0, 0.05) is 21.8 Å². The molecule has 1 rings (SSSR count). The molecule has 8 heteroatoms. The highest BCUT2D eigenvalue weighted by Gasteiger charge is 2.16. The number of nitriles is 3. The van der Waals surface area contributed by atoms with Crippen LogP contribution in [0.5, 0.6) is 0 Å². The summed E-state index contributed by atoms with van der Waals surface area (Å²) in [5.74, 6) is 0. The smallest absolute Gasteiger partial charge is 0.275 e. The van der Waals surface area contributed by atoms with Gasteiger partial charge < -0.3 is 5.32 Å². The van der Waals surface area contributed by atoms with Crippen LogP contribution in [0.1, 0.15) is 5.56 Å². The van der Waals surface area contributed by atoms with Gasteiger partial charge in [-0.2, -0.15) is 15.8 Å². The van der Waals surface area contributed by atoms with E-state index in [1.807, 2.05) is 0 Å². The van der Waals surface area contributed by atoms with Gasteiger partial charge in [0.15, 0.2) is 5.57 Å². The zero-order chi connectivity index (χ0) is 15.3. The van der Waals surface area contributed by atoms with Crippen LogP contribution in [0, 0.1) is 51.0 Å². The molecule has 0 aliphatic carbocycles. The third-order valence-electron chi connectivity index (χ3n) is 2.37. The molecule has 0 amide bonds. The Balaban J connectivity index is 3.35. The number of halogens is 1. The highest BCUT2D eigenvalue weighted by atomic mass is 79.9. The Morgan fingerprint density at radius 1 is 1.30 bits per heavy atom. The third kappa shape index (κ3) is 3.11. The topological polar surface area (TPSA) is 127 Å². The van der Waals surface area contributed by atoms with Crippen LogP contribution < -0.4 is 5.32 Å². The number of anilines is 1. The first-order valence-corrected chi connectivity index (χ1v) is 5.90. The minimum absolute atomic E-state index is 0.144. The number of rotatable bonds is 3. The Morgan fingerprint density at radius 3 is 2.35 bits per heavy atom. The van der Waals surface area contributed by atoms with E-state index in [0.717, 1.165) is 0 Å². The van der Waals surface area contributed by atoms with E-state index in [4.69, 9.17) is 15.8 Å². The van der Waals surface area contributed by atoms with Crippen LogP contribution in [0.15, 0.2) is 27.9 Å². The summed E-state index contributed by atoms with van der Waals surface area (Å²) in [6.45, 7) is 1.57. The molecule has 0 fully saturated rings. The summed E-state index contributed by atoms with van der Waals surface area (Å²) >= 11 is 3.17. The summed E-state index contributed by atoms with van der Waals surface area (Å²) in [6, 6.07) is 7.57. The molecule has 0 saturated carbocycles. The number of nitro groups is 1. The van der Waals surface area contributed by atoms with Crippen molar-refractivity contribution in [1.82, 2.24) is 0 Å². The lowest BCUT2D eigenvalue weighted by atomic mass is 10.1. The molecular formula is C12H6BrN5O2. The third-order valence-corrected chi connectivity index (χ3v) is 3.19. The molecule has 0 aromatic heterocycles. The maximum absolute atomic E-state index is 10.9. The SMILES string of the molecule is Cc1c(Br)cc(NC(C#N)=C(C#N)C#N)cc1[N+](=O)[O-]. The van der Waals surface area contributed by atoms with Gasteiger partial charge in [-0.25, -0.2) is 0 Å². The van der Waals surface area contributed by atoms with E-state index in [1.54, 1.807) is 25.1 Å². The molecule has 0 saturated heterocycles. The minimum Gasteiger partial charge on any atom is -0.345 e. The summed E-state index contributed by atoms with van der Waals surface area (Å²) < 4.78 is 0.474. The Kier molecular flexibility index (Phi) is 4.80. The lowest BCUT2D eigenvalue weighted by Gasteiger charge is -2.07. The van der Waals surface area contributed by atoms with Crippen molar-refractivity contribution in [2.75, 3.05) is 5.32 Å². The van der Waals surface area contributed by atoms with Crippen LogP contribution >= 0.6 is 15.9 Å². The number of nitro benzene ring substituents is 1. The van der Waals surface area contributed by atoms with Crippen molar-refractivity contribution in [1.29, 1.82) is 15.8 Å². The predicted octanol–water partition coefficient (Wildman–Crippen LogP) is 2.90. The van der Waals surface area contributed by atoms with Crippen molar-refractivity contribution >= 4 is 27.3 Å². The van der Waals surface area contributed by atoms with Crippen LogP contribution in [-0.4, -0.2) is 4.92 Å². The molecule has 98 valence electrons. The monoisotopic (exact) mass is 331 g/mol. The van der Waals surface area contributed by atoms with Crippen molar-refractivity contribution in [2.45, 2.75) is 6.92 Å². The lowest BCUT2D eigenvalue weighted by Crippen LogP contribution is -2.02. The molecule has 7 nitrogen and oxygen atoms in total. The van der Waals surface area contributed by atoms with E-state index in [2.05, 4.69) is 21.2 Å². The largest absolute Gasteiger partial charge is 0.345 e. The number of hydrogen-bond acceptors (Lipinski definition) is 6. The normalized spacial score (nSPS) is 8.75. The molecule has 20 heavy (non-hydrogen) atoms. The summed E-state index contributed by atoms with van der Waals surface area (Å²) in [6.07, 6.45) is 0. The van der Waals surface area contributed by atoms with Gasteiger partial charge in [0.2, 0.25) is 0 Å². The second kappa shape index (κ2) is 6.33. The van der Waals surface area contributed by atoms with Crippen molar-refractivity contribution in [3.63, 3.8) is 0 Å². The summed E-state index contributed by atoms with van der Waals surface area (Å²) in [4.78, 5) is 10.3. The van der Waals surface area contributed by atoms with Gasteiger partial charge in [-0.15, -0.1) is 0 Å². The van der Waals surface area contributed by atoms with E-state index < -0.39 is 10.5 Å². The van der Waals surface area contributed by atoms with E-state index in [0.29, 0.717) is 10.0 Å². The van der Waals surface area contributed by atoms with Crippen LogP contribution in [-0.2, 0) is 0 Å². The van der Waals surface area contributed by atoms with E-state index >= 15 is 0 Å². The van der Waals surface area contributed by atoms with Crippen LogP contribution in [0.2, 0.25) is 0 Å². The molecule has 0 atom stereocenters. The second-order valence-electron chi connectivity index (χ2n) is 3.57. The maximum atomic E-state index is 10.9. The average Bonchev–Trinajstić information content (AvgIpc) is 2.42. The van der Waals surface area contributed by atoms with Crippen molar-refractivity contribution < 1.29 is 4.92 Å². The Labute approximate surface area is 122 Å². The molecule has 0 spiro atoms. The summed E-state index contributed by atoms with van der Waals surface area (Å²) in [5, 5.41) is 39.8. The summed E-state index contributed by atoms with van der Waals surface area (Å²) in [5.41, 5.74) is -0.140. The quantitative estimate of drug-likeness (QED) is 0.515. The predicted molar refractivity (Wildman–Crippen MR) is 73.0 cm³/mol. The Bertz CT molecular complexity index is 718. The molecule has 0 bridgehead atoms. The first-order chi connectivity index (χ1) is 9.44. The number of hydrogen-bond donors (Lipinski definition) is 1. The summed E-state index contributed by atoms with van der Waals surface area (Å²) in [7, 11) is 0. The van der Waals surface area contributed by atoms with E-state index in [9.17, 15) is 10.1 Å². The molecule has 0 aliphatic heterocycles. The molecule has 1 aromatic rings.